The zero-order valence-corrected chi connectivity index (χ0v) is 14.9. The third-order valence-electron chi connectivity index (χ3n) is 4.24. The normalized spacial score (nSPS) is 11.3. The van der Waals surface area contributed by atoms with Gasteiger partial charge < -0.3 is 15.5 Å². The van der Waals surface area contributed by atoms with Crippen molar-refractivity contribution in [3.05, 3.63) is 28.9 Å². The lowest BCUT2D eigenvalue weighted by Gasteiger charge is -2.09. The molecule has 2 rings (SSSR count). The van der Waals surface area contributed by atoms with Crippen LogP contribution >= 0.6 is 11.6 Å². The Kier molecular flexibility index (Phi) is 7.77. The molecule has 2 aromatic rings. The number of nitrogens with two attached hydrogens (primary N) is 1. The largest absolute Gasteiger partial charge is 0.492 e. The van der Waals surface area contributed by atoms with Crippen LogP contribution in [0.1, 0.15) is 57.4 Å². The highest BCUT2D eigenvalue weighted by Gasteiger charge is 2.09. The molecule has 0 amide bonds. The second kappa shape index (κ2) is 9.84. The van der Waals surface area contributed by atoms with E-state index in [2.05, 4.69) is 11.9 Å². The van der Waals surface area contributed by atoms with Crippen LogP contribution in [0.3, 0.4) is 0 Å². The molecule has 0 aliphatic carbocycles. The second-order valence-corrected chi connectivity index (χ2v) is 6.56. The lowest BCUT2D eigenvalue weighted by molar-refractivity contribution is 0.305. The molecule has 0 spiro atoms. The number of halogens is 1. The molecule has 0 saturated heterocycles. The van der Waals surface area contributed by atoms with Gasteiger partial charge in [-0.3, -0.25) is 0 Å². The van der Waals surface area contributed by atoms with Crippen molar-refractivity contribution in [1.29, 1.82) is 0 Å². The molecule has 23 heavy (non-hydrogen) atoms. The van der Waals surface area contributed by atoms with E-state index in [1.54, 1.807) is 0 Å². The van der Waals surface area contributed by atoms with E-state index in [1.165, 1.54) is 44.1 Å². The summed E-state index contributed by atoms with van der Waals surface area (Å²) < 4.78 is 5.90. The van der Waals surface area contributed by atoms with Crippen molar-refractivity contribution < 1.29 is 4.74 Å². The van der Waals surface area contributed by atoms with Gasteiger partial charge in [0.25, 0.3) is 0 Å². The Labute approximate surface area is 144 Å². The minimum absolute atomic E-state index is 0.643. The molecule has 1 aromatic heterocycles. The lowest BCUT2D eigenvalue weighted by Crippen LogP contribution is -2.02. The van der Waals surface area contributed by atoms with Crippen molar-refractivity contribution in [1.82, 2.24) is 4.98 Å². The van der Waals surface area contributed by atoms with Crippen LogP contribution in [0, 0.1) is 0 Å². The van der Waals surface area contributed by atoms with E-state index in [0.717, 1.165) is 36.1 Å². The number of aromatic nitrogens is 1. The average Bonchev–Trinajstić information content (AvgIpc) is 2.92. The highest BCUT2D eigenvalue weighted by atomic mass is 35.5. The summed E-state index contributed by atoms with van der Waals surface area (Å²) in [5.41, 5.74) is 7.93. The monoisotopic (exact) mass is 336 g/mol. The van der Waals surface area contributed by atoms with Gasteiger partial charge in [0.1, 0.15) is 5.75 Å². The van der Waals surface area contributed by atoms with Gasteiger partial charge in [0.15, 0.2) is 0 Å². The number of hydrogen-bond donors (Lipinski definition) is 2. The van der Waals surface area contributed by atoms with Crippen LogP contribution in [-0.2, 0) is 6.42 Å². The molecule has 0 fully saturated rings. The molecule has 1 heterocycles. The van der Waals surface area contributed by atoms with Crippen LogP contribution < -0.4 is 10.5 Å². The smallest absolute Gasteiger partial charge is 0.138 e. The fourth-order valence-corrected chi connectivity index (χ4v) is 3.11. The van der Waals surface area contributed by atoms with Gasteiger partial charge in [-0.25, -0.2) is 0 Å². The van der Waals surface area contributed by atoms with Crippen molar-refractivity contribution in [3.63, 3.8) is 0 Å². The standard InChI is InChI=1S/C19H29ClN2O/c1-2-3-4-5-6-7-8-11-23-19-12-16-15(9-10-21)14-22-18(16)13-17(19)20/h12-14,22H,2-11,21H2,1H3. The third-order valence-corrected chi connectivity index (χ3v) is 4.53. The molecule has 0 aliphatic heterocycles. The second-order valence-electron chi connectivity index (χ2n) is 6.15. The number of H-pyrrole nitrogens is 1. The van der Waals surface area contributed by atoms with E-state index in [1.807, 2.05) is 18.3 Å². The summed E-state index contributed by atoms with van der Waals surface area (Å²) in [5.74, 6) is 0.781. The van der Waals surface area contributed by atoms with Crippen LogP contribution in [0.25, 0.3) is 10.9 Å². The molecule has 1 aromatic carbocycles. The molecule has 0 aliphatic rings. The number of rotatable bonds is 11. The maximum Gasteiger partial charge on any atom is 0.138 e. The Morgan fingerprint density at radius 2 is 1.83 bits per heavy atom. The predicted octanol–water partition coefficient (Wildman–Crippen LogP) is 5.45. The Morgan fingerprint density at radius 1 is 1.09 bits per heavy atom. The predicted molar refractivity (Wildman–Crippen MR) is 99.6 cm³/mol. The quantitative estimate of drug-likeness (QED) is 0.536. The van der Waals surface area contributed by atoms with Crippen LogP contribution in [0.5, 0.6) is 5.75 Å². The van der Waals surface area contributed by atoms with Crippen LogP contribution in [0.4, 0.5) is 0 Å². The van der Waals surface area contributed by atoms with E-state index in [-0.39, 0.29) is 0 Å². The number of ether oxygens (including phenoxy) is 1. The first-order chi connectivity index (χ1) is 11.3. The fraction of sp³-hybridized carbons (Fsp3) is 0.579. The molecule has 128 valence electrons. The fourth-order valence-electron chi connectivity index (χ4n) is 2.90. The molecule has 0 saturated carbocycles. The number of fused-ring (bicyclic) bond motifs is 1. The maximum absolute atomic E-state index is 6.32. The number of unbranched alkanes of at least 4 members (excludes halogenated alkanes) is 6. The van der Waals surface area contributed by atoms with Crippen molar-refractivity contribution in [2.75, 3.05) is 13.2 Å². The molecule has 4 heteroatoms. The average molecular weight is 337 g/mol. The maximum atomic E-state index is 6.32. The van der Waals surface area contributed by atoms with E-state index in [9.17, 15) is 0 Å². The molecule has 3 N–H and O–H groups in total. The van der Waals surface area contributed by atoms with Crippen LogP contribution in [0.15, 0.2) is 18.3 Å². The summed E-state index contributed by atoms with van der Waals surface area (Å²) in [6, 6.07) is 3.98. The summed E-state index contributed by atoms with van der Waals surface area (Å²) in [4.78, 5) is 3.25. The number of nitrogens with one attached hydrogen (secondary N) is 1. The van der Waals surface area contributed by atoms with E-state index in [0.29, 0.717) is 11.6 Å². The molecule has 0 bridgehead atoms. The van der Waals surface area contributed by atoms with Gasteiger partial charge in [-0.2, -0.15) is 0 Å². The zero-order chi connectivity index (χ0) is 16.5. The first kappa shape index (κ1) is 18.2. The van der Waals surface area contributed by atoms with Crippen molar-refractivity contribution in [3.8, 4) is 5.75 Å². The van der Waals surface area contributed by atoms with Gasteiger partial charge in [-0.15, -0.1) is 0 Å². The Morgan fingerprint density at radius 3 is 2.57 bits per heavy atom. The van der Waals surface area contributed by atoms with Gasteiger partial charge in [-0.1, -0.05) is 57.0 Å². The lowest BCUT2D eigenvalue weighted by atomic mass is 10.1. The van der Waals surface area contributed by atoms with Crippen molar-refractivity contribution in [2.45, 2.75) is 58.3 Å². The summed E-state index contributed by atoms with van der Waals surface area (Å²) in [6.07, 6.45) is 11.8. The number of hydrogen-bond acceptors (Lipinski definition) is 2. The van der Waals surface area contributed by atoms with Crippen LogP contribution in [-0.4, -0.2) is 18.1 Å². The zero-order valence-electron chi connectivity index (χ0n) is 14.2. The van der Waals surface area contributed by atoms with Crippen molar-refractivity contribution in [2.24, 2.45) is 5.73 Å². The molecular formula is C19H29ClN2O. The van der Waals surface area contributed by atoms with E-state index in [4.69, 9.17) is 22.1 Å². The summed E-state index contributed by atoms with van der Waals surface area (Å²) in [6.45, 7) is 3.62. The van der Waals surface area contributed by atoms with Gasteiger partial charge in [-0.05, 0) is 37.1 Å². The highest BCUT2D eigenvalue weighted by Crippen LogP contribution is 2.31. The van der Waals surface area contributed by atoms with Gasteiger partial charge in [0.2, 0.25) is 0 Å². The summed E-state index contributed by atoms with van der Waals surface area (Å²) in [5, 5.41) is 1.83. The number of aromatic amines is 1. The van der Waals surface area contributed by atoms with Gasteiger partial charge in [0, 0.05) is 17.1 Å². The number of benzene rings is 1. The molecule has 0 atom stereocenters. The highest BCUT2D eigenvalue weighted by molar-refractivity contribution is 6.32. The first-order valence-corrected chi connectivity index (χ1v) is 9.26. The van der Waals surface area contributed by atoms with E-state index >= 15 is 0 Å². The van der Waals surface area contributed by atoms with E-state index < -0.39 is 0 Å². The van der Waals surface area contributed by atoms with Gasteiger partial charge in [0.05, 0.1) is 11.6 Å². The van der Waals surface area contributed by atoms with Gasteiger partial charge >= 0.3 is 0 Å². The molecule has 0 unspecified atom stereocenters. The SMILES string of the molecule is CCCCCCCCCOc1cc2c(CCN)c[nH]c2cc1Cl. The molecule has 0 radical (unpaired) electrons. The molecule has 3 nitrogen and oxygen atoms in total. The Bertz CT molecular complexity index is 594. The summed E-state index contributed by atoms with van der Waals surface area (Å²) >= 11 is 6.32. The first-order valence-electron chi connectivity index (χ1n) is 8.88. The minimum Gasteiger partial charge on any atom is -0.492 e. The van der Waals surface area contributed by atoms with Crippen molar-refractivity contribution >= 4 is 22.5 Å². The van der Waals surface area contributed by atoms with Crippen LogP contribution in [0.2, 0.25) is 5.02 Å². The molecular weight excluding hydrogens is 308 g/mol. The topological polar surface area (TPSA) is 51.0 Å². The Hall–Kier alpha value is -1.19. The minimum atomic E-state index is 0.643. The summed E-state index contributed by atoms with van der Waals surface area (Å²) in [7, 11) is 0. The third kappa shape index (κ3) is 5.43. The Balaban J connectivity index is 1.82.